The lowest BCUT2D eigenvalue weighted by Crippen LogP contribution is -2.16. The van der Waals surface area contributed by atoms with E-state index < -0.39 is 5.97 Å². The van der Waals surface area contributed by atoms with Crippen LogP contribution in [-0.2, 0) is 4.79 Å². The first-order valence-electron chi connectivity index (χ1n) is 7.36. The molecular formula is C18H20O3. The largest absolute Gasteiger partial charge is 0.497 e. The average Bonchev–Trinajstić information content (AvgIpc) is 3.08. The molecule has 1 aromatic rings. The number of aliphatic carboxylic acids is 1. The van der Waals surface area contributed by atoms with Gasteiger partial charge in [0.1, 0.15) is 5.75 Å². The van der Waals surface area contributed by atoms with E-state index in [0.717, 1.165) is 29.7 Å². The third kappa shape index (κ3) is 2.60. The van der Waals surface area contributed by atoms with Crippen molar-refractivity contribution in [2.45, 2.75) is 19.8 Å². The molecule has 3 rings (SSSR count). The second kappa shape index (κ2) is 5.40. The van der Waals surface area contributed by atoms with E-state index in [2.05, 4.69) is 12.2 Å². The number of hydrogen-bond donors (Lipinski definition) is 1. The Kier molecular flexibility index (Phi) is 3.58. The Bertz CT molecular complexity index is 627. The van der Waals surface area contributed by atoms with Crippen LogP contribution in [0.1, 0.15) is 24.0 Å². The zero-order valence-corrected chi connectivity index (χ0v) is 12.4. The standard InChI is InChI=1S/C18H20O3/c1-11-7-15(21-2)6-5-13(11)10-17(18(19)20)16-9-12-3-4-14(16)8-12/h3-7,10,12,14,16H,8-9H2,1-2H3,(H,19,20). The first-order chi connectivity index (χ1) is 10.1. The van der Waals surface area contributed by atoms with E-state index >= 15 is 0 Å². The van der Waals surface area contributed by atoms with Gasteiger partial charge in [-0.1, -0.05) is 18.2 Å². The van der Waals surface area contributed by atoms with Gasteiger partial charge in [-0.2, -0.15) is 0 Å². The monoisotopic (exact) mass is 284 g/mol. The summed E-state index contributed by atoms with van der Waals surface area (Å²) in [5, 5.41) is 9.60. The van der Waals surface area contributed by atoms with Gasteiger partial charge in [0.05, 0.1) is 7.11 Å². The molecule has 110 valence electrons. The van der Waals surface area contributed by atoms with Gasteiger partial charge in [-0.15, -0.1) is 0 Å². The Hall–Kier alpha value is -2.03. The highest BCUT2D eigenvalue weighted by Gasteiger charge is 2.39. The number of allylic oxidation sites excluding steroid dienone is 2. The van der Waals surface area contributed by atoms with Crippen molar-refractivity contribution in [3.05, 3.63) is 47.1 Å². The van der Waals surface area contributed by atoms with Gasteiger partial charge in [-0.3, -0.25) is 0 Å². The van der Waals surface area contributed by atoms with Crippen LogP contribution in [0.3, 0.4) is 0 Å². The van der Waals surface area contributed by atoms with Crippen molar-refractivity contribution >= 4 is 12.0 Å². The van der Waals surface area contributed by atoms with Crippen LogP contribution in [0.5, 0.6) is 5.75 Å². The first kappa shape index (κ1) is 13.9. The lowest BCUT2D eigenvalue weighted by molar-refractivity contribution is -0.133. The minimum absolute atomic E-state index is 0.152. The molecule has 2 aliphatic carbocycles. The Labute approximate surface area is 124 Å². The number of hydrogen-bond acceptors (Lipinski definition) is 2. The minimum atomic E-state index is -0.795. The fourth-order valence-electron chi connectivity index (χ4n) is 3.57. The van der Waals surface area contributed by atoms with Gasteiger partial charge in [0.15, 0.2) is 0 Å². The van der Waals surface area contributed by atoms with Crippen LogP contribution in [0.2, 0.25) is 0 Å². The van der Waals surface area contributed by atoms with Crippen molar-refractivity contribution < 1.29 is 14.6 Å². The van der Waals surface area contributed by atoms with Gasteiger partial charge in [0.2, 0.25) is 0 Å². The predicted molar refractivity (Wildman–Crippen MR) is 82.2 cm³/mol. The second-order valence-corrected chi connectivity index (χ2v) is 6.01. The number of carbonyl (C=O) groups is 1. The third-order valence-corrected chi connectivity index (χ3v) is 4.71. The summed E-state index contributed by atoms with van der Waals surface area (Å²) in [5.41, 5.74) is 2.53. The molecule has 3 unspecified atom stereocenters. The van der Waals surface area contributed by atoms with E-state index in [4.69, 9.17) is 4.74 Å². The van der Waals surface area contributed by atoms with Crippen LogP contribution >= 0.6 is 0 Å². The highest BCUT2D eigenvalue weighted by molar-refractivity contribution is 5.93. The average molecular weight is 284 g/mol. The summed E-state index contributed by atoms with van der Waals surface area (Å²) in [6, 6.07) is 5.74. The van der Waals surface area contributed by atoms with Gasteiger partial charge in [0, 0.05) is 5.57 Å². The fourth-order valence-corrected chi connectivity index (χ4v) is 3.57. The molecule has 21 heavy (non-hydrogen) atoms. The van der Waals surface area contributed by atoms with Gasteiger partial charge in [-0.25, -0.2) is 4.79 Å². The number of benzene rings is 1. The molecule has 3 nitrogen and oxygen atoms in total. The zero-order valence-electron chi connectivity index (χ0n) is 12.4. The van der Waals surface area contributed by atoms with Crippen molar-refractivity contribution in [3.63, 3.8) is 0 Å². The molecule has 0 spiro atoms. The number of carboxylic acid groups (broad SMARTS) is 1. The van der Waals surface area contributed by atoms with Gasteiger partial charge < -0.3 is 9.84 Å². The van der Waals surface area contributed by atoms with Crippen LogP contribution in [-0.4, -0.2) is 18.2 Å². The van der Waals surface area contributed by atoms with Gasteiger partial charge in [0.25, 0.3) is 0 Å². The predicted octanol–water partition coefficient (Wildman–Crippen LogP) is 3.68. The molecule has 0 aliphatic heterocycles. The molecule has 1 saturated carbocycles. The van der Waals surface area contributed by atoms with Crippen LogP contribution in [0.15, 0.2) is 35.9 Å². The molecule has 1 aromatic carbocycles. The topological polar surface area (TPSA) is 46.5 Å². The van der Waals surface area contributed by atoms with Gasteiger partial charge in [-0.05, 0) is 66.9 Å². The molecule has 1 fully saturated rings. The summed E-state index contributed by atoms with van der Waals surface area (Å²) in [7, 11) is 1.63. The Balaban J connectivity index is 1.94. The van der Waals surface area contributed by atoms with E-state index in [1.54, 1.807) is 7.11 Å². The smallest absolute Gasteiger partial charge is 0.331 e. The van der Waals surface area contributed by atoms with E-state index in [-0.39, 0.29) is 5.92 Å². The van der Waals surface area contributed by atoms with E-state index in [1.807, 2.05) is 31.2 Å². The van der Waals surface area contributed by atoms with Crippen molar-refractivity contribution in [2.24, 2.45) is 17.8 Å². The highest BCUT2D eigenvalue weighted by atomic mass is 16.5. The molecule has 0 radical (unpaired) electrons. The minimum Gasteiger partial charge on any atom is -0.497 e. The molecule has 2 bridgehead atoms. The van der Waals surface area contributed by atoms with Crippen LogP contribution in [0, 0.1) is 24.7 Å². The second-order valence-electron chi connectivity index (χ2n) is 6.01. The first-order valence-corrected chi connectivity index (χ1v) is 7.36. The lowest BCUT2D eigenvalue weighted by atomic mass is 9.85. The molecule has 3 heteroatoms. The summed E-state index contributed by atoms with van der Waals surface area (Å²) in [5.74, 6) is 1.12. The van der Waals surface area contributed by atoms with Crippen molar-refractivity contribution in [1.29, 1.82) is 0 Å². The van der Waals surface area contributed by atoms with E-state index in [9.17, 15) is 9.90 Å². The number of fused-ring (bicyclic) bond motifs is 2. The number of aryl methyl sites for hydroxylation is 1. The van der Waals surface area contributed by atoms with Gasteiger partial charge >= 0.3 is 5.97 Å². The fraction of sp³-hybridized carbons (Fsp3) is 0.389. The van der Waals surface area contributed by atoms with Crippen LogP contribution in [0.25, 0.3) is 6.08 Å². The summed E-state index contributed by atoms with van der Waals surface area (Å²) in [6.45, 7) is 1.98. The van der Waals surface area contributed by atoms with Crippen molar-refractivity contribution in [1.82, 2.24) is 0 Å². The molecular weight excluding hydrogens is 264 g/mol. The number of carboxylic acids is 1. The van der Waals surface area contributed by atoms with E-state index in [0.29, 0.717) is 17.4 Å². The molecule has 0 heterocycles. The Morgan fingerprint density at radius 2 is 2.14 bits per heavy atom. The van der Waals surface area contributed by atoms with Crippen molar-refractivity contribution in [2.75, 3.05) is 7.11 Å². The maximum atomic E-state index is 11.7. The highest BCUT2D eigenvalue weighted by Crippen LogP contribution is 2.47. The molecule has 1 N–H and O–H groups in total. The third-order valence-electron chi connectivity index (χ3n) is 4.71. The normalized spacial score (nSPS) is 27.1. The SMILES string of the molecule is COc1ccc(C=C(C(=O)O)C2CC3C=CC2C3)c(C)c1. The Morgan fingerprint density at radius 3 is 2.67 bits per heavy atom. The Morgan fingerprint density at radius 1 is 1.33 bits per heavy atom. The lowest BCUT2D eigenvalue weighted by Gasteiger charge is -2.19. The number of methoxy groups -OCH3 is 1. The summed E-state index contributed by atoms with van der Waals surface area (Å²) < 4.78 is 5.20. The molecule has 3 atom stereocenters. The van der Waals surface area contributed by atoms with Crippen LogP contribution < -0.4 is 4.74 Å². The molecule has 0 amide bonds. The number of ether oxygens (including phenoxy) is 1. The quantitative estimate of drug-likeness (QED) is 0.677. The summed E-state index contributed by atoms with van der Waals surface area (Å²) in [4.78, 5) is 11.7. The maximum Gasteiger partial charge on any atom is 0.331 e. The van der Waals surface area contributed by atoms with Crippen LogP contribution in [0.4, 0.5) is 0 Å². The summed E-state index contributed by atoms with van der Waals surface area (Å²) >= 11 is 0. The number of rotatable bonds is 4. The molecule has 2 aliphatic rings. The maximum absolute atomic E-state index is 11.7. The molecule has 0 aromatic heterocycles. The summed E-state index contributed by atoms with van der Waals surface area (Å²) in [6.07, 6.45) is 8.34. The van der Waals surface area contributed by atoms with Crippen molar-refractivity contribution in [3.8, 4) is 5.75 Å². The molecule has 0 saturated heterocycles. The zero-order chi connectivity index (χ0) is 15.0. The van der Waals surface area contributed by atoms with E-state index in [1.165, 1.54) is 0 Å².